The molecule has 0 atom stereocenters. The summed E-state index contributed by atoms with van der Waals surface area (Å²) in [5.41, 5.74) is 1.97. The number of nitrogens with zero attached hydrogens (tertiary/aromatic N) is 4. The fraction of sp³-hybridized carbons (Fsp3) is 0.190. The topological polar surface area (TPSA) is 61.4 Å². The normalized spacial score (nSPS) is 14.0. The van der Waals surface area contributed by atoms with Crippen LogP contribution in [0.25, 0.3) is 11.1 Å². The number of carbonyl (C=O) groups is 1. The van der Waals surface area contributed by atoms with Gasteiger partial charge in [-0.15, -0.1) is 0 Å². The van der Waals surface area contributed by atoms with E-state index in [-0.39, 0.29) is 6.03 Å². The summed E-state index contributed by atoms with van der Waals surface area (Å²) in [5.74, 6) is -0.778. The van der Waals surface area contributed by atoms with Crippen molar-refractivity contribution < 1.29 is 13.6 Å². The summed E-state index contributed by atoms with van der Waals surface area (Å²) < 4.78 is 27.3. The number of urea groups is 1. The Kier molecular flexibility index (Phi) is 5.33. The predicted molar refractivity (Wildman–Crippen MR) is 107 cm³/mol. The van der Waals surface area contributed by atoms with Crippen LogP contribution in [0.1, 0.15) is 0 Å². The van der Waals surface area contributed by atoms with Gasteiger partial charge in [0.15, 0.2) is 5.82 Å². The molecule has 29 heavy (non-hydrogen) atoms. The van der Waals surface area contributed by atoms with Crippen LogP contribution in [0.15, 0.2) is 61.1 Å². The van der Waals surface area contributed by atoms with Gasteiger partial charge in [0.2, 0.25) is 0 Å². The molecule has 8 heteroatoms. The number of amides is 2. The molecule has 4 rings (SSSR count). The molecule has 0 unspecified atom stereocenters. The molecule has 1 N–H and O–H groups in total. The van der Waals surface area contributed by atoms with Gasteiger partial charge in [0, 0.05) is 55.9 Å². The van der Waals surface area contributed by atoms with Gasteiger partial charge in [-0.3, -0.25) is 10.3 Å². The average molecular weight is 395 g/mol. The summed E-state index contributed by atoms with van der Waals surface area (Å²) in [5, 5.41) is 2.73. The molecule has 2 amide bonds. The molecule has 1 fully saturated rings. The lowest BCUT2D eigenvalue weighted by Crippen LogP contribution is -2.50. The third-order valence-corrected chi connectivity index (χ3v) is 4.82. The van der Waals surface area contributed by atoms with Crippen LogP contribution in [-0.2, 0) is 0 Å². The molecule has 1 aliphatic heterocycles. The molecule has 3 aromatic rings. The number of nitrogens with one attached hydrogen (secondary N) is 1. The highest BCUT2D eigenvalue weighted by atomic mass is 19.1. The van der Waals surface area contributed by atoms with E-state index in [0.717, 1.165) is 11.8 Å². The zero-order chi connectivity index (χ0) is 20.2. The molecule has 0 spiro atoms. The monoisotopic (exact) mass is 395 g/mol. The minimum absolute atomic E-state index is 0.215. The zero-order valence-corrected chi connectivity index (χ0v) is 15.6. The van der Waals surface area contributed by atoms with Crippen LogP contribution >= 0.6 is 0 Å². The van der Waals surface area contributed by atoms with Crippen LogP contribution in [0.3, 0.4) is 0 Å². The highest BCUT2D eigenvalue weighted by Crippen LogP contribution is 2.28. The quantitative estimate of drug-likeness (QED) is 0.733. The van der Waals surface area contributed by atoms with E-state index in [1.54, 1.807) is 17.2 Å². The van der Waals surface area contributed by atoms with Crippen molar-refractivity contribution in [1.29, 1.82) is 0 Å². The third kappa shape index (κ3) is 4.31. The minimum atomic E-state index is -0.599. The number of piperazine rings is 1. The highest BCUT2D eigenvalue weighted by molar-refractivity contribution is 5.88. The van der Waals surface area contributed by atoms with E-state index in [0.29, 0.717) is 43.1 Å². The highest BCUT2D eigenvalue weighted by Gasteiger charge is 2.22. The molecule has 1 saturated heterocycles. The van der Waals surface area contributed by atoms with Gasteiger partial charge in [-0.05, 0) is 29.8 Å². The second kappa shape index (κ2) is 8.22. The maximum Gasteiger partial charge on any atom is 0.323 e. The van der Waals surface area contributed by atoms with Crippen molar-refractivity contribution >= 4 is 17.5 Å². The zero-order valence-electron chi connectivity index (χ0n) is 15.6. The van der Waals surface area contributed by atoms with Crippen molar-refractivity contribution in [2.75, 3.05) is 36.4 Å². The molecule has 2 heterocycles. The van der Waals surface area contributed by atoms with Gasteiger partial charge in [0.05, 0.1) is 6.20 Å². The molecule has 1 aromatic heterocycles. The first kappa shape index (κ1) is 18.8. The Morgan fingerprint density at radius 1 is 1.00 bits per heavy atom. The second-order valence-electron chi connectivity index (χ2n) is 6.67. The molecular weight excluding hydrogens is 376 g/mol. The predicted octanol–water partition coefficient (Wildman–Crippen LogP) is 3.78. The lowest BCUT2D eigenvalue weighted by atomic mass is 10.0. The molecule has 1 aliphatic rings. The van der Waals surface area contributed by atoms with Crippen LogP contribution in [0.5, 0.6) is 0 Å². The molecule has 6 nitrogen and oxygen atoms in total. The lowest BCUT2D eigenvalue weighted by Gasteiger charge is -2.36. The van der Waals surface area contributed by atoms with Crippen molar-refractivity contribution in [2.45, 2.75) is 0 Å². The van der Waals surface area contributed by atoms with Gasteiger partial charge >= 0.3 is 6.03 Å². The molecule has 0 aliphatic carbocycles. The molecule has 0 saturated carbocycles. The Bertz CT molecular complexity index is 1010. The van der Waals surface area contributed by atoms with Gasteiger partial charge in [0.1, 0.15) is 11.6 Å². The standard InChI is InChI=1S/C21H19F2N5O/c22-16-4-5-18(19(23)13-16)15-2-1-3-17(12-15)27-8-10-28(11-9-27)21(29)26-20-14-24-6-7-25-20/h1-7,12-14H,8-11H2,(H,25,26,29). The average Bonchev–Trinajstić information content (AvgIpc) is 2.75. The number of anilines is 2. The van der Waals surface area contributed by atoms with Crippen molar-refractivity contribution in [3.63, 3.8) is 0 Å². The minimum Gasteiger partial charge on any atom is -0.368 e. The SMILES string of the molecule is O=C(Nc1cnccn1)N1CCN(c2cccc(-c3ccc(F)cc3F)c2)CC1. The second-order valence-corrected chi connectivity index (χ2v) is 6.67. The molecule has 2 aromatic carbocycles. The van der Waals surface area contributed by atoms with E-state index in [9.17, 15) is 13.6 Å². The van der Waals surface area contributed by atoms with E-state index in [1.807, 2.05) is 18.2 Å². The van der Waals surface area contributed by atoms with Crippen molar-refractivity contribution in [3.8, 4) is 11.1 Å². The Morgan fingerprint density at radius 3 is 2.55 bits per heavy atom. The summed E-state index contributed by atoms with van der Waals surface area (Å²) in [6, 6.07) is 10.8. The maximum atomic E-state index is 14.1. The van der Waals surface area contributed by atoms with Crippen LogP contribution in [0.4, 0.5) is 25.1 Å². The summed E-state index contributed by atoms with van der Waals surface area (Å²) in [6.07, 6.45) is 4.55. The van der Waals surface area contributed by atoms with Gasteiger partial charge in [-0.25, -0.2) is 18.6 Å². The Labute approximate surface area is 166 Å². The smallest absolute Gasteiger partial charge is 0.323 e. The number of carbonyl (C=O) groups excluding carboxylic acids is 1. The number of halogens is 2. The first-order valence-corrected chi connectivity index (χ1v) is 9.22. The Balaban J connectivity index is 1.42. The number of hydrogen-bond acceptors (Lipinski definition) is 4. The van der Waals surface area contributed by atoms with Crippen LogP contribution < -0.4 is 10.2 Å². The molecule has 0 radical (unpaired) electrons. The van der Waals surface area contributed by atoms with Crippen LogP contribution in [0, 0.1) is 11.6 Å². The number of aromatic nitrogens is 2. The van der Waals surface area contributed by atoms with Crippen LogP contribution in [-0.4, -0.2) is 47.1 Å². The molecular formula is C21H19F2N5O. The maximum absolute atomic E-state index is 14.1. The molecule has 0 bridgehead atoms. The third-order valence-electron chi connectivity index (χ3n) is 4.82. The summed E-state index contributed by atoms with van der Waals surface area (Å²) >= 11 is 0. The van der Waals surface area contributed by atoms with E-state index >= 15 is 0 Å². The molecule has 148 valence electrons. The van der Waals surface area contributed by atoms with Gasteiger partial charge in [0.25, 0.3) is 0 Å². The fourth-order valence-electron chi connectivity index (χ4n) is 3.31. The van der Waals surface area contributed by atoms with Crippen molar-refractivity contribution in [1.82, 2.24) is 14.9 Å². The Hall–Kier alpha value is -3.55. The van der Waals surface area contributed by atoms with E-state index in [4.69, 9.17) is 0 Å². The number of benzene rings is 2. The number of hydrogen-bond donors (Lipinski definition) is 1. The first-order chi connectivity index (χ1) is 14.1. The van der Waals surface area contributed by atoms with E-state index < -0.39 is 11.6 Å². The lowest BCUT2D eigenvalue weighted by molar-refractivity contribution is 0.208. The summed E-state index contributed by atoms with van der Waals surface area (Å²) in [7, 11) is 0. The van der Waals surface area contributed by atoms with Gasteiger partial charge in [-0.2, -0.15) is 0 Å². The van der Waals surface area contributed by atoms with Crippen LogP contribution in [0.2, 0.25) is 0 Å². The van der Waals surface area contributed by atoms with E-state index in [1.165, 1.54) is 24.5 Å². The van der Waals surface area contributed by atoms with Gasteiger partial charge in [-0.1, -0.05) is 12.1 Å². The fourth-order valence-corrected chi connectivity index (χ4v) is 3.31. The first-order valence-electron chi connectivity index (χ1n) is 9.22. The van der Waals surface area contributed by atoms with Gasteiger partial charge < -0.3 is 9.80 Å². The summed E-state index contributed by atoms with van der Waals surface area (Å²) in [4.78, 5) is 24.2. The summed E-state index contributed by atoms with van der Waals surface area (Å²) in [6.45, 7) is 2.37. The Morgan fingerprint density at radius 2 is 1.83 bits per heavy atom. The van der Waals surface area contributed by atoms with E-state index in [2.05, 4.69) is 20.2 Å². The number of rotatable bonds is 3. The van der Waals surface area contributed by atoms with Crippen molar-refractivity contribution in [2.24, 2.45) is 0 Å². The largest absolute Gasteiger partial charge is 0.368 e. The van der Waals surface area contributed by atoms with Crippen molar-refractivity contribution in [3.05, 3.63) is 72.7 Å².